The van der Waals surface area contributed by atoms with E-state index in [1.807, 2.05) is 0 Å². The van der Waals surface area contributed by atoms with Crippen molar-refractivity contribution < 1.29 is 0 Å². The van der Waals surface area contributed by atoms with Crippen LogP contribution in [0.1, 0.15) is 58.3 Å². The third-order valence-corrected chi connectivity index (χ3v) is 5.08. The number of nitrogens with two attached hydrogens (primary N) is 2. The lowest BCUT2D eigenvalue weighted by atomic mass is 9.75. The Labute approximate surface area is 100 Å². The number of hydrogen-bond donors (Lipinski definition) is 2. The predicted molar refractivity (Wildman–Crippen MR) is 69.0 cm³/mol. The van der Waals surface area contributed by atoms with Gasteiger partial charge in [0.1, 0.15) is 0 Å². The minimum Gasteiger partial charge on any atom is -0.328 e. The van der Waals surface area contributed by atoms with Gasteiger partial charge in [-0.25, -0.2) is 0 Å². The van der Waals surface area contributed by atoms with Gasteiger partial charge in [-0.1, -0.05) is 6.92 Å². The van der Waals surface area contributed by atoms with E-state index in [9.17, 15) is 0 Å². The lowest BCUT2D eigenvalue weighted by Gasteiger charge is -2.32. The smallest absolute Gasteiger partial charge is 0.00646 e. The van der Waals surface area contributed by atoms with Gasteiger partial charge in [-0.3, -0.25) is 0 Å². The van der Waals surface area contributed by atoms with E-state index in [-0.39, 0.29) is 0 Å². The first-order valence-electron chi connectivity index (χ1n) is 7.18. The van der Waals surface area contributed by atoms with Crippen LogP contribution in [0.25, 0.3) is 0 Å². The highest BCUT2D eigenvalue weighted by atomic mass is 14.7. The molecule has 4 N–H and O–H groups in total. The molecule has 2 saturated carbocycles. The van der Waals surface area contributed by atoms with Crippen LogP contribution in [0.15, 0.2) is 0 Å². The third-order valence-electron chi connectivity index (χ3n) is 5.08. The van der Waals surface area contributed by atoms with Crippen molar-refractivity contribution in [3.8, 4) is 0 Å². The Bertz CT molecular complexity index is 197. The van der Waals surface area contributed by atoms with Gasteiger partial charge in [0.25, 0.3) is 0 Å². The van der Waals surface area contributed by atoms with Crippen molar-refractivity contribution in [3.05, 3.63) is 0 Å². The average Bonchev–Trinajstić information content (AvgIpc) is 2.44. The van der Waals surface area contributed by atoms with E-state index in [0.717, 1.165) is 17.8 Å². The minimum absolute atomic E-state index is 0.454. The van der Waals surface area contributed by atoms with Crippen LogP contribution < -0.4 is 11.5 Å². The fraction of sp³-hybridized carbons (Fsp3) is 1.00. The molecular weight excluding hydrogens is 196 g/mol. The van der Waals surface area contributed by atoms with Crippen LogP contribution in [0.4, 0.5) is 0 Å². The molecule has 0 heterocycles. The molecular formula is C14H28N2. The molecule has 0 amide bonds. The van der Waals surface area contributed by atoms with Crippen LogP contribution >= 0.6 is 0 Å². The Kier molecular flexibility index (Phi) is 4.26. The highest BCUT2D eigenvalue weighted by Crippen LogP contribution is 2.38. The molecule has 0 aromatic carbocycles. The van der Waals surface area contributed by atoms with Gasteiger partial charge in [0.15, 0.2) is 0 Å². The van der Waals surface area contributed by atoms with E-state index in [0.29, 0.717) is 12.1 Å². The van der Waals surface area contributed by atoms with Crippen molar-refractivity contribution in [2.45, 2.75) is 70.4 Å². The van der Waals surface area contributed by atoms with E-state index in [4.69, 9.17) is 11.5 Å². The summed E-state index contributed by atoms with van der Waals surface area (Å²) in [6, 6.07) is 0.944. The first-order valence-corrected chi connectivity index (χ1v) is 7.18. The van der Waals surface area contributed by atoms with Crippen molar-refractivity contribution in [2.24, 2.45) is 29.2 Å². The SMILES string of the molecule is C[C@H]1CCC(C2CCC(N)CC2)CCC1N. The molecule has 0 bridgehead atoms. The summed E-state index contributed by atoms with van der Waals surface area (Å²) >= 11 is 0. The topological polar surface area (TPSA) is 52.0 Å². The van der Waals surface area contributed by atoms with Crippen molar-refractivity contribution >= 4 is 0 Å². The molecule has 0 spiro atoms. The molecule has 3 atom stereocenters. The largest absolute Gasteiger partial charge is 0.328 e. The van der Waals surface area contributed by atoms with Crippen molar-refractivity contribution in [1.82, 2.24) is 0 Å². The van der Waals surface area contributed by atoms with Crippen molar-refractivity contribution in [3.63, 3.8) is 0 Å². The summed E-state index contributed by atoms with van der Waals surface area (Å²) in [5, 5.41) is 0. The molecule has 2 fully saturated rings. The van der Waals surface area contributed by atoms with Crippen LogP contribution in [-0.2, 0) is 0 Å². The number of hydrogen-bond acceptors (Lipinski definition) is 2. The monoisotopic (exact) mass is 224 g/mol. The fourth-order valence-corrected chi connectivity index (χ4v) is 3.61. The van der Waals surface area contributed by atoms with Crippen molar-refractivity contribution in [2.75, 3.05) is 0 Å². The van der Waals surface area contributed by atoms with E-state index in [1.54, 1.807) is 0 Å². The predicted octanol–water partition coefficient (Wildman–Crippen LogP) is 2.66. The highest BCUT2D eigenvalue weighted by molar-refractivity contribution is 4.84. The zero-order chi connectivity index (χ0) is 11.5. The van der Waals surface area contributed by atoms with Gasteiger partial charge < -0.3 is 11.5 Å². The molecule has 16 heavy (non-hydrogen) atoms. The van der Waals surface area contributed by atoms with E-state index >= 15 is 0 Å². The number of rotatable bonds is 1. The third kappa shape index (κ3) is 2.98. The maximum atomic E-state index is 6.17. The van der Waals surface area contributed by atoms with Crippen LogP contribution in [0.5, 0.6) is 0 Å². The van der Waals surface area contributed by atoms with Crippen LogP contribution in [0.2, 0.25) is 0 Å². The minimum atomic E-state index is 0.454. The van der Waals surface area contributed by atoms with Gasteiger partial charge in [-0.2, -0.15) is 0 Å². The van der Waals surface area contributed by atoms with Gasteiger partial charge in [0.2, 0.25) is 0 Å². The molecule has 0 aromatic rings. The van der Waals surface area contributed by atoms with Gasteiger partial charge in [-0.15, -0.1) is 0 Å². The Morgan fingerprint density at radius 2 is 1.19 bits per heavy atom. The summed E-state index contributed by atoms with van der Waals surface area (Å²) < 4.78 is 0. The van der Waals surface area contributed by atoms with Gasteiger partial charge in [0, 0.05) is 12.1 Å². The maximum absolute atomic E-state index is 6.17. The standard InChI is InChI=1S/C14H28N2/c1-10-2-3-11(6-9-14(10)16)12-4-7-13(15)8-5-12/h10-14H,2-9,15-16H2,1H3/t10-,11?,12?,13?,14?/m0/s1. The normalized spacial score (nSPS) is 46.3. The lowest BCUT2D eigenvalue weighted by Crippen LogP contribution is -2.29. The van der Waals surface area contributed by atoms with Crippen LogP contribution in [0.3, 0.4) is 0 Å². The highest BCUT2D eigenvalue weighted by Gasteiger charge is 2.29. The second kappa shape index (κ2) is 5.50. The second-order valence-electron chi connectivity index (χ2n) is 6.23. The Hall–Kier alpha value is -0.0800. The van der Waals surface area contributed by atoms with Gasteiger partial charge in [0.05, 0.1) is 0 Å². The van der Waals surface area contributed by atoms with Crippen molar-refractivity contribution in [1.29, 1.82) is 0 Å². The van der Waals surface area contributed by atoms with Gasteiger partial charge in [-0.05, 0) is 69.1 Å². The lowest BCUT2D eigenvalue weighted by molar-refractivity contribution is 0.212. The summed E-state index contributed by atoms with van der Waals surface area (Å²) in [7, 11) is 0. The molecule has 2 unspecified atom stereocenters. The Morgan fingerprint density at radius 1 is 0.688 bits per heavy atom. The molecule has 94 valence electrons. The zero-order valence-corrected chi connectivity index (χ0v) is 10.7. The molecule has 0 radical (unpaired) electrons. The Morgan fingerprint density at radius 3 is 1.81 bits per heavy atom. The first kappa shape index (κ1) is 12.4. The molecule has 0 saturated heterocycles. The van der Waals surface area contributed by atoms with Crippen LogP contribution in [-0.4, -0.2) is 12.1 Å². The first-order chi connectivity index (χ1) is 7.66. The molecule has 0 aliphatic heterocycles. The second-order valence-corrected chi connectivity index (χ2v) is 6.23. The summed E-state index contributed by atoms with van der Waals surface area (Å²) in [4.78, 5) is 0. The van der Waals surface area contributed by atoms with Crippen LogP contribution in [0, 0.1) is 17.8 Å². The molecule has 2 aliphatic carbocycles. The maximum Gasteiger partial charge on any atom is 0.00646 e. The molecule has 0 aromatic heterocycles. The van der Waals surface area contributed by atoms with E-state index in [2.05, 4.69) is 6.92 Å². The summed E-state index contributed by atoms with van der Waals surface area (Å²) in [6.45, 7) is 2.32. The summed E-state index contributed by atoms with van der Waals surface area (Å²) in [5.41, 5.74) is 12.2. The Balaban J connectivity index is 1.85. The molecule has 2 heteroatoms. The summed E-state index contributed by atoms with van der Waals surface area (Å²) in [5.74, 6) is 2.64. The molecule has 2 aliphatic rings. The van der Waals surface area contributed by atoms with E-state index in [1.165, 1.54) is 51.4 Å². The average molecular weight is 224 g/mol. The summed E-state index contributed by atoms with van der Waals surface area (Å²) in [6.07, 6.45) is 10.6. The molecule has 2 nitrogen and oxygen atoms in total. The quantitative estimate of drug-likeness (QED) is 0.673. The fourth-order valence-electron chi connectivity index (χ4n) is 3.61. The molecule has 2 rings (SSSR count). The zero-order valence-electron chi connectivity index (χ0n) is 10.7. The van der Waals surface area contributed by atoms with E-state index < -0.39 is 0 Å². The van der Waals surface area contributed by atoms with Gasteiger partial charge >= 0.3 is 0 Å².